The molecule has 112 valence electrons. The number of aromatic nitrogens is 2. The highest BCUT2D eigenvalue weighted by molar-refractivity contribution is 7.13. The van der Waals surface area contributed by atoms with E-state index in [0.29, 0.717) is 0 Å². The number of hydrogen-bond acceptors (Lipinski definition) is 6. The van der Waals surface area contributed by atoms with Gasteiger partial charge in [-0.25, -0.2) is 4.98 Å². The van der Waals surface area contributed by atoms with Crippen molar-refractivity contribution in [2.24, 2.45) is 5.73 Å². The first-order valence-electron chi connectivity index (χ1n) is 7.30. The van der Waals surface area contributed by atoms with E-state index in [1.165, 1.54) is 0 Å². The molecule has 1 aliphatic heterocycles. The number of anilines is 1. The topological polar surface area (TPSA) is 58.3 Å². The molecule has 0 amide bonds. The molecule has 0 aliphatic carbocycles. The summed E-state index contributed by atoms with van der Waals surface area (Å²) in [6.45, 7) is 6.02. The lowest BCUT2D eigenvalue weighted by Gasteiger charge is -2.40. The van der Waals surface area contributed by atoms with E-state index in [4.69, 9.17) is 5.73 Å². The highest BCUT2D eigenvalue weighted by atomic mass is 32.1. The van der Waals surface area contributed by atoms with Crippen molar-refractivity contribution >= 4 is 16.5 Å². The van der Waals surface area contributed by atoms with Crippen LogP contribution < -0.4 is 10.6 Å². The summed E-state index contributed by atoms with van der Waals surface area (Å²) in [6, 6.07) is 6.29. The van der Waals surface area contributed by atoms with Gasteiger partial charge in [0.15, 0.2) is 5.13 Å². The smallest absolute Gasteiger partial charge is 0.185 e. The molecule has 6 heteroatoms. The fourth-order valence-corrected chi connectivity index (χ4v) is 3.60. The minimum absolute atomic E-state index is 0.0614. The van der Waals surface area contributed by atoms with Crippen molar-refractivity contribution < 1.29 is 0 Å². The van der Waals surface area contributed by atoms with Crippen LogP contribution in [-0.2, 0) is 0 Å². The van der Waals surface area contributed by atoms with Gasteiger partial charge in [-0.2, -0.15) is 0 Å². The lowest BCUT2D eigenvalue weighted by Crippen LogP contribution is -2.51. The van der Waals surface area contributed by atoms with Gasteiger partial charge in [-0.3, -0.25) is 9.88 Å². The van der Waals surface area contributed by atoms with Crippen molar-refractivity contribution in [1.82, 2.24) is 14.9 Å². The lowest BCUT2D eigenvalue weighted by atomic mass is 10.0. The maximum absolute atomic E-state index is 6.22. The normalized spacial score (nSPS) is 19.4. The molecule has 0 bridgehead atoms. The van der Waals surface area contributed by atoms with E-state index >= 15 is 0 Å². The van der Waals surface area contributed by atoms with Gasteiger partial charge in [0.25, 0.3) is 0 Å². The molecule has 3 heterocycles. The van der Waals surface area contributed by atoms with Gasteiger partial charge in [-0.05, 0) is 19.1 Å². The molecular formula is C15H21N5S. The second-order valence-electron chi connectivity index (χ2n) is 5.40. The predicted molar refractivity (Wildman–Crippen MR) is 86.5 cm³/mol. The summed E-state index contributed by atoms with van der Waals surface area (Å²) in [5.41, 5.74) is 7.29. The zero-order valence-electron chi connectivity index (χ0n) is 12.2. The van der Waals surface area contributed by atoms with Crippen LogP contribution in [0.3, 0.4) is 0 Å². The summed E-state index contributed by atoms with van der Waals surface area (Å²) in [4.78, 5) is 13.7. The van der Waals surface area contributed by atoms with Gasteiger partial charge in [0.05, 0.1) is 11.7 Å². The van der Waals surface area contributed by atoms with Crippen molar-refractivity contribution in [2.45, 2.75) is 19.0 Å². The van der Waals surface area contributed by atoms with Crippen LogP contribution in [0.25, 0.3) is 0 Å². The molecule has 0 saturated carbocycles. The molecular weight excluding hydrogens is 282 g/mol. The van der Waals surface area contributed by atoms with Crippen LogP contribution in [0.2, 0.25) is 0 Å². The Balaban J connectivity index is 1.69. The van der Waals surface area contributed by atoms with Crippen LogP contribution in [0.15, 0.2) is 36.0 Å². The Hall–Kier alpha value is -1.50. The maximum atomic E-state index is 6.22. The summed E-state index contributed by atoms with van der Waals surface area (Å²) < 4.78 is 0. The van der Waals surface area contributed by atoms with Crippen molar-refractivity contribution in [3.05, 3.63) is 41.7 Å². The van der Waals surface area contributed by atoms with Crippen molar-refractivity contribution in [1.29, 1.82) is 0 Å². The van der Waals surface area contributed by atoms with Crippen LogP contribution >= 0.6 is 11.3 Å². The SMILES string of the molecule is CC(N)C(c1ccccn1)N1CCN(c2nccs2)CC1. The highest BCUT2D eigenvalue weighted by Gasteiger charge is 2.28. The minimum atomic E-state index is 0.0614. The number of nitrogens with two attached hydrogens (primary N) is 1. The summed E-state index contributed by atoms with van der Waals surface area (Å²) in [5, 5.41) is 3.14. The summed E-state index contributed by atoms with van der Waals surface area (Å²) in [6.07, 6.45) is 3.71. The van der Waals surface area contributed by atoms with Crippen molar-refractivity contribution in [3.63, 3.8) is 0 Å². The molecule has 0 aromatic carbocycles. The molecule has 1 fully saturated rings. The zero-order chi connectivity index (χ0) is 14.7. The Morgan fingerprint density at radius 1 is 1.14 bits per heavy atom. The zero-order valence-corrected chi connectivity index (χ0v) is 13.0. The molecule has 2 N–H and O–H groups in total. The molecule has 1 saturated heterocycles. The van der Waals surface area contributed by atoms with E-state index in [2.05, 4.69) is 32.8 Å². The lowest BCUT2D eigenvalue weighted by molar-refractivity contribution is 0.163. The van der Waals surface area contributed by atoms with Crippen molar-refractivity contribution in [3.8, 4) is 0 Å². The molecule has 2 unspecified atom stereocenters. The summed E-state index contributed by atoms with van der Waals surface area (Å²) in [5.74, 6) is 0. The third-order valence-electron chi connectivity index (χ3n) is 3.89. The molecule has 0 spiro atoms. The van der Waals surface area contributed by atoms with Crippen LogP contribution in [0.5, 0.6) is 0 Å². The predicted octanol–water partition coefficient (Wildman–Crippen LogP) is 1.75. The number of thiazole rings is 1. The quantitative estimate of drug-likeness (QED) is 0.932. The van der Waals surface area contributed by atoms with E-state index in [-0.39, 0.29) is 12.1 Å². The molecule has 2 aromatic heterocycles. The first-order chi connectivity index (χ1) is 10.3. The first-order valence-corrected chi connectivity index (χ1v) is 8.18. The number of piperazine rings is 1. The Labute approximate surface area is 129 Å². The van der Waals surface area contributed by atoms with E-state index in [0.717, 1.165) is 37.0 Å². The summed E-state index contributed by atoms with van der Waals surface area (Å²) in [7, 11) is 0. The number of nitrogens with zero attached hydrogens (tertiary/aromatic N) is 4. The Bertz CT molecular complexity index is 534. The van der Waals surface area contributed by atoms with E-state index < -0.39 is 0 Å². The number of hydrogen-bond donors (Lipinski definition) is 1. The molecule has 21 heavy (non-hydrogen) atoms. The molecule has 3 rings (SSSR count). The van der Waals surface area contributed by atoms with E-state index in [9.17, 15) is 0 Å². The third kappa shape index (κ3) is 3.23. The fraction of sp³-hybridized carbons (Fsp3) is 0.467. The maximum Gasteiger partial charge on any atom is 0.185 e. The van der Waals surface area contributed by atoms with E-state index in [1.54, 1.807) is 11.3 Å². The number of pyridine rings is 1. The van der Waals surface area contributed by atoms with Crippen LogP contribution in [0.4, 0.5) is 5.13 Å². The van der Waals surface area contributed by atoms with Crippen molar-refractivity contribution in [2.75, 3.05) is 31.1 Å². The van der Waals surface area contributed by atoms with Gasteiger partial charge < -0.3 is 10.6 Å². The first kappa shape index (κ1) is 14.4. The van der Waals surface area contributed by atoms with Gasteiger partial charge in [0.1, 0.15) is 0 Å². The molecule has 2 atom stereocenters. The van der Waals surface area contributed by atoms with Gasteiger partial charge in [-0.15, -0.1) is 11.3 Å². The van der Waals surface area contributed by atoms with Crippen LogP contribution in [0.1, 0.15) is 18.7 Å². The minimum Gasteiger partial charge on any atom is -0.346 e. The standard InChI is InChI=1S/C15H21N5S/c1-12(16)14(13-4-2-3-5-17-13)19-7-9-20(10-8-19)15-18-6-11-21-15/h2-6,11-12,14H,7-10,16H2,1H3. The van der Waals surface area contributed by atoms with Gasteiger partial charge in [0, 0.05) is 50.0 Å². The fourth-order valence-electron chi connectivity index (χ4n) is 2.90. The third-order valence-corrected chi connectivity index (χ3v) is 4.72. The molecule has 5 nitrogen and oxygen atoms in total. The Morgan fingerprint density at radius 2 is 1.95 bits per heavy atom. The molecule has 0 radical (unpaired) electrons. The summed E-state index contributed by atoms with van der Waals surface area (Å²) >= 11 is 1.70. The average Bonchev–Trinajstić information content (AvgIpc) is 3.03. The van der Waals surface area contributed by atoms with Crippen LogP contribution in [-0.4, -0.2) is 47.1 Å². The van der Waals surface area contributed by atoms with Gasteiger partial charge in [-0.1, -0.05) is 6.07 Å². The van der Waals surface area contributed by atoms with Gasteiger partial charge >= 0.3 is 0 Å². The molecule has 2 aromatic rings. The Kier molecular flexibility index (Phi) is 4.48. The number of rotatable bonds is 4. The Morgan fingerprint density at radius 3 is 2.52 bits per heavy atom. The highest BCUT2D eigenvalue weighted by Crippen LogP contribution is 2.25. The van der Waals surface area contributed by atoms with Crippen LogP contribution in [0, 0.1) is 0 Å². The monoisotopic (exact) mass is 303 g/mol. The largest absolute Gasteiger partial charge is 0.346 e. The molecule has 1 aliphatic rings. The van der Waals surface area contributed by atoms with E-state index in [1.807, 2.05) is 29.9 Å². The second kappa shape index (κ2) is 6.51. The van der Waals surface area contributed by atoms with Gasteiger partial charge in [0.2, 0.25) is 0 Å². The average molecular weight is 303 g/mol. The second-order valence-corrected chi connectivity index (χ2v) is 6.27.